The lowest BCUT2D eigenvalue weighted by Crippen LogP contribution is -2.12. The van der Waals surface area contributed by atoms with Gasteiger partial charge in [-0.05, 0) is 29.5 Å². The molecule has 0 saturated carbocycles. The number of allylic oxidation sites excluding steroid dienone is 2. The van der Waals surface area contributed by atoms with E-state index in [-0.39, 0.29) is 10.5 Å². The molecule has 0 atom stereocenters. The van der Waals surface area contributed by atoms with Gasteiger partial charge in [-0.1, -0.05) is 60.3 Å². The molecule has 0 N–H and O–H groups in total. The molecule has 2 aromatic carbocycles. The highest BCUT2D eigenvalue weighted by Gasteiger charge is 2.36. The van der Waals surface area contributed by atoms with E-state index in [1.165, 1.54) is 19.1 Å². The van der Waals surface area contributed by atoms with Crippen molar-refractivity contribution in [3.63, 3.8) is 0 Å². The van der Waals surface area contributed by atoms with Gasteiger partial charge in [0.1, 0.15) is 0 Å². The predicted molar refractivity (Wildman–Crippen MR) is 77.4 cm³/mol. The van der Waals surface area contributed by atoms with Gasteiger partial charge in [-0.3, -0.25) is 0 Å². The third-order valence-corrected chi connectivity index (χ3v) is 3.73. The maximum Gasteiger partial charge on any atom is 0.417 e. The smallest absolute Gasteiger partial charge is 0.166 e. The van der Waals surface area contributed by atoms with Crippen molar-refractivity contribution in [2.75, 3.05) is 0 Å². The molecular formula is C16H13F3S. The molecule has 0 radical (unpaired) electrons. The van der Waals surface area contributed by atoms with E-state index in [2.05, 4.69) is 0 Å². The van der Waals surface area contributed by atoms with E-state index in [1.54, 1.807) is 30.3 Å². The van der Waals surface area contributed by atoms with Crippen LogP contribution >= 0.6 is 11.8 Å². The number of halogens is 3. The molecule has 0 heterocycles. The first kappa shape index (κ1) is 14.7. The minimum absolute atomic E-state index is 0.195. The van der Waals surface area contributed by atoms with Gasteiger partial charge in [0.25, 0.3) is 0 Å². The molecule has 0 aromatic heterocycles. The zero-order chi connectivity index (χ0) is 14.6. The van der Waals surface area contributed by atoms with Gasteiger partial charge in [-0.15, -0.1) is 0 Å². The third kappa shape index (κ3) is 3.67. The van der Waals surface area contributed by atoms with E-state index < -0.39 is 11.7 Å². The van der Waals surface area contributed by atoms with Crippen LogP contribution in [0.1, 0.15) is 12.5 Å². The SMILES string of the molecule is C/C(Sc1ccccc1)=C(/c1ccccc1)C(F)(F)F. The van der Waals surface area contributed by atoms with Crippen LogP contribution in [0.2, 0.25) is 0 Å². The van der Waals surface area contributed by atoms with Gasteiger partial charge in [0.2, 0.25) is 0 Å². The van der Waals surface area contributed by atoms with Gasteiger partial charge >= 0.3 is 6.18 Å². The summed E-state index contributed by atoms with van der Waals surface area (Å²) in [5.41, 5.74) is -0.382. The maximum atomic E-state index is 13.3. The van der Waals surface area contributed by atoms with Crippen LogP contribution in [0.15, 0.2) is 70.5 Å². The standard InChI is InChI=1S/C16H13F3S/c1-12(20-14-10-6-3-7-11-14)15(16(17,18)19)13-8-4-2-5-9-13/h2-11H,1H3/b15-12+. The van der Waals surface area contributed by atoms with Gasteiger partial charge in [-0.25, -0.2) is 0 Å². The molecule has 0 aliphatic rings. The van der Waals surface area contributed by atoms with Gasteiger partial charge < -0.3 is 0 Å². The summed E-state index contributed by atoms with van der Waals surface area (Å²) in [6.45, 7) is 1.51. The topological polar surface area (TPSA) is 0 Å². The normalized spacial score (nSPS) is 13.0. The number of rotatable bonds is 3. The zero-order valence-corrected chi connectivity index (χ0v) is 11.6. The van der Waals surface area contributed by atoms with Gasteiger partial charge in [0.15, 0.2) is 0 Å². The van der Waals surface area contributed by atoms with Crippen molar-refractivity contribution in [3.05, 3.63) is 71.1 Å². The highest BCUT2D eigenvalue weighted by atomic mass is 32.2. The monoisotopic (exact) mass is 294 g/mol. The van der Waals surface area contributed by atoms with Crippen LogP contribution in [0.25, 0.3) is 5.57 Å². The second-order valence-corrected chi connectivity index (χ2v) is 5.50. The van der Waals surface area contributed by atoms with Crippen LogP contribution in [0.5, 0.6) is 0 Å². The summed E-state index contributed by atoms with van der Waals surface area (Å²) in [6.07, 6.45) is -4.37. The Kier molecular flexibility index (Phi) is 4.55. The summed E-state index contributed by atoms with van der Waals surface area (Å²) >= 11 is 1.13. The molecule has 0 nitrogen and oxygen atoms in total. The summed E-state index contributed by atoms with van der Waals surface area (Å²) < 4.78 is 39.9. The number of hydrogen-bond donors (Lipinski definition) is 0. The fraction of sp³-hybridized carbons (Fsp3) is 0.125. The molecule has 2 rings (SSSR count). The first-order valence-corrected chi connectivity index (χ1v) is 6.86. The Hall–Kier alpha value is -1.68. The molecule has 0 bridgehead atoms. The van der Waals surface area contributed by atoms with E-state index in [9.17, 15) is 13.2 Å². The number of benzene rings is 2. The molecule has 104 valence electrons. The lowest BCUT2D eigenvalue weighted by molar-refractivity contribution is -0.0691. The maximum absolute atomic E-state index is 13.3. The summed E-state index contributed by atoms with van der Waals surface area (Å²) in [6, 6.07) is 17.0. The van der Waals surface area contributed by atoms with Crippen molar-refractivity contribution in [3.8, 4) is 0 Å². The predicted octanol–water partition coefficient (Wildman–Crippen LogP) is 5.77. The molecule has 2 aromatic rings. The summed E-state index contributed by atoms with van der Waals surface area (Å²) in [5.74, 6) is 0. The van der Waals surface area contributed by atoms with Gasteiger partial charge in [0, 0.05) is 4.90 Å². The Balaban J connectivity index is 2.43. The summed E-state index contributed by atoms with van der Waals surface area (Å²) in [4.78, 5) is 1.04. The van der Waals surface area contributed by atoms with E-state index in [4.69, 9.17) is 0 Å². The second kappa shape index (κ2) is 6.18. The van der Waals surface area contributed by atoms with Crippen LogP contribution < -0.4 is 0 Å². The largest absolute Gasteiger partial charge is 0.417 e. The first-order chi connectivity index (χ1) is 9.48. The lowest BCUT2D eigenvalue weighted by atomic mass is 10.1. The molecule has 0 amide bonds. The van der Waals surface area contributed by atoms with Crippen molar-refractivity contribution < 1.29 is 13.2 Å². The molecule has 20 heavy (non-hydrogen) atoms. The van der Waals surface area contributed by atoms with E-state index >= 15 is 0 Å². The molecular weight excluding hydrogens is 281 g/mol. The number of alkyl halides is 3. The van der Waals surface area contributed by atoms with Crippen molar-refractivity contribution in [1.82, 2.24) is 0 Å². The van der Waals surface area contributed by atoms with Gasteiger partial charge in [-0.2, -0.15) is 13.2 Å². The van der Waals surface area contributed by atoms with Crippen LogP contribution in [0, 0.1) is 0 Å². The Labute approximate surface area is 120 Å². The Bertz CT molecular complexity index is 586. The molecule has 0 saturated heterocycles. The first-order valence-electron chi connectivity index (χ1n) is 6.05. The molecule has 4 heteroatoms. The van der Waals surface area contributed by atoms with Crippen LogP contribution in [-0.4, -0.2) is 6.18 Å². The average molecular weight is 294 g/mol. The molecule has 0 aliphatic carbocycles. The number of hydrogen-bond acceptors (Lipinski definition) is 1. The Morgan fingerprint density at radius 3 is 1.85 bits per heavy atom. The second-order valence-electron chi connectivity index (χ2n) is 4.21. The number of thioether (sulfide) groups is 1. The van der Waals surface area contributed by atoms with Crippen molar-refractivity contribution in [2.45, 2.75) is 18.0 Å². The van der Waals surface area contributed by atoms with Crippen molar-refractivity contribution in [1.29, 1.82) is 0 Å². The van der Waals surface area contributed by atoms with Crippen LogP contribution in [0.4, 0.5) is 13.2 Å². The fourth-order valence-corrected chi connectivity index (χ4v) is 2.87. The lowest BCUT2D eigenvalue weighted by Gasteiger charge is -2.15. The highest BCUT2D eigenvalue weighted by Crippen LogP contribution is 2.41. The zero-order valence-electron chi connectivity index (χ0n) is 10.8. The molecule has 0 unspecified atom stereocenters. The summed E-state index contributed by atoms with van der Waals surface area (Å²) in [5, 5.41) is 0. The fourth-order valence-electron chi connectivity index (χ4n) is 1.89. The van der Waals surface area contributed by atoms with Crippen molar-refractivity contribution >= 4 is 17.3 Å². The third-order valence-electron chi connectivity index (χ3n) is 2.71. The van der Waals surface area contributed by atoms with Gasteiger partial charge in [0.05, 0.1) is 5.57 Å². The van der Waals surface area contributed by atoms with E-state index in [0.29, 0.717) is 0 Å². The van der Waals surface area contributed by atoms with Crippen molar-refractivity contribution in [2.24, 2.45) is 0 Å². The molecule has 0 aliphatic heterocycles. The van der Waals surface area contributed by atoms with Crippen LogP contribution in [0.3, 0.4) is 0 Å². The molecule has 0 fully saturated rings. The van der Waals surface area contributed by atoms with Crippen LogP contribution in [-0.2, 0) is 0 Å². The summed E-state index contributed by atoms with van der Waals surface area (Å²) in [7, 11) is 0. The highest BCUT2D eigenvalue weighted by molar-refractivity contribution is 8.03. The van der Waals surface area contributed by atoms with E-state index in [0.717, 1.165) is 16.7 Å². The minimum atomic E-state index is -4.37. The Morgan fingerprint density at radius 2 is 1.35 bits per heavy atom. The molecule has 0 spiro atoms. The quantitative estimate of drug-likeness (QED) is 0.647. The van der Waals surface area contributed by atoms with E-state index in [1.807, 2.05) is 18.2 Å². The minimum Gasteiger partial charge on any atom is -0.166 e. The Morgan fingerprint density at radius 1 is 0.850 bits per heavy atom. The average Bonchev–Trinajstić information content (AvgIpc) is 2.39.